The molecule has 0 saturated carbocycles. The standard InChI is InChI=1S/C12H16BrN3OS/c1-12(2,3)14-5-4-10-15-11(16-17-10)9-6-8(13)7-18-9/h6-7,14H,4-5H2,1-3H3. The lowest BCUT2D eigenvalue weighted by molar-refractivity contribution is 0.362. The molecule has 98 valence electrons. The minimum absolute atomic E-state index is 0.113. The van der Waals surface area contributed by atoms with E-state index in [1.54, 1.807) is 11.3 Å². The largest absolute Gasteiger partial charge is 0.339 e. The maximum absolute atomic E-state index is 5.23. The second-order valence-electron chi connectivity index (χ2n) is 5.07. The van der Waals surface area contributed by atoms with Crippen molar-refractivity contribution in [2.24, 2.45) is 0 Å². The Morgan fingerprint density at radius 1 is 1.44 bits per heavy atom. The first-order valence-corrected chi connectivity index (χ1v) is 7.43. The molecule has 0 aliphatic heterocycles. The molecule has 0 spiro atoms. The molecule has 4 nitrogen and oxygen atoms in total. The lowest BCUT2D eigenvalue weighted by Crippen LogP contribution is -2.37. The summed E-state index contributed by atoms with van der Waals surface area (Å²) in [5.41, 5.74) is 0.113. The van der Waals surface area contributed by atoms with Crippen molar-refractivity contribution in [3.63, 3.8) is 0 Å². The van der Waals surface area contributed by atoms with Crippen LogP contribution in [0.25, 0.3) is 10.7 Å². The molecule has 2 heterocycles. The second-order valence-corrected chi connectivity index (χ2v) is 6.89. The van der Waals surface area contributed by atoms with Crippen molar-refractivity contribution < 1.29 is 4.52 Å². The summed E-state index contributed by atoms with van der Waals surface area (Å²) in [6.07, 6.45) is 0.747. The van der Waals surface area contributed by atoms with Gasteiger partial charge in [0, 0.05) is 28.4 Å². The molecule has 0 aromatic carbocycles. The molecule has 2 rings (SSSR count). The van der Waals surface area contributed by atoms with Gasteiger partial charge in [0.1, 0.15) is 0 Å². The average molecular weight is 330 g/mol. The van der Waals surface area contributed by atoms with Crippen LogP contribution in [0.15, 0.2) is 20.4 Å². The molecule has 0 radical (unpaired) electrons. The van der Waals surface area contributed by atoms with Gasteiger partial charge in [-0.2, -0.15) is 4.98 Å². The fraction of sp³-hybridized carbons (Fsp3) is 0.500. The average Bonchev–Trinajstić information content (AvgIpc) is 2.85. The summed E-state index contributed by atoms with van der Waals surface area (Å²) in [5.74, 6) is 1.34. The number of halogens is 1. The molecule has 6 heteroatoms. The van der Waals surface area contributed by atoms with Gasteiger partial charge in [0.15, 0.2) is 0 Å². The fourth-order valence-electron chi connectivity index (χ4n) is 1.43. The van der Waals surface area contributed by atoms with Crippen molar-refractivity contribution in [3.8, 4) is 10.7 Å². The van der Waals surface area contributed by atoms with Crippen LogP contribution in [0.4, 0.5) is 0 Å². The van der Waals surface area contributed by atoms with Gasteiger partial charge in [0.25, 0.3) is 0 Å². The highest BCUT2D eigenvalue weighted by atomic mass is 79.9. The summed E-state index contributed by atoms with van der Waals surface area (Å²) in [5, 5.41) is 9.39. The van der Waals surface area contributed by atoms with Crippen molar-refractivity contribution >= 4 is 27.3 Å². The number of nitrogens with one attached hydrogen (secondary N) is 1. The second kappa shape index (κ2) is 5.50. The lowest BCUT2D eigenvalue weighted by atomic mass is 10.1. The molecule has 0 bridgehead atoms. The smallest absolute Gasteiger partial charge is 0.228 e. The highest BCUT2D eigenvalue weighted by Gasteiger charge is 2.12. The van der Waals surface area contributed by atoms with Gasteiger partial charge in [-0.3, -0.25) is 0 Å². The zero-order valence-electron chi connectivity index (χ0n) is 10.7. The Morgan fingerprint density at radius 2 is 2.22 bits per heavy atom. The van der Waals surface area contributed by atoms with Crippen LogP contribution in [0, 0.1) is 0 Å². The van der Waals surface area contributed by atoms with Gasteiger partial charge in [-0.15, -0.1) is 11.3 Å². The van der Waals surface area contributed by atoms with E-state index in [1.807, 2.05) is 11.4 Å². The zero-order chi connectivity index (χ0) is 13.2. The molecule has 2 aromatic rings. The number of rotatable bonds is 4. The molecule has 0 unspecified atom stereocenters. The maximum Gasteiger partial charge on any atom is 0.228 e. The molecular formula is C12H16BrN3OS. The quantitative estimate of drug-likeness (QED) is 0.932. The third-order valence-corrected chi connectivity index (χ3v) is 3.94. The van der Waals surface area contributed by atoms with E-state index in [9.17, 15) is 0 Å². The Balaban J connectivity index is 1.94. The summed E-state index contributed by atoms with van der Waals surface area (Å²) < 4.78 is 6.28. The first-order valence-electron chi connectivity index (χ1n) is 5.76. The van der Waals surface area contributed by atoms with Crippen LogP contribution in [0.3, 0.4) is 0 Å². The lowest BCUT2D eigenvalue weighted by Gasteiger charge is -2.19. The Hall–Kier alpha value is -0.720. The van der Waals surface area contributed by atoms with Crippen LogP contribution >= 0.6 is 27.3 Å². The van der Waals surface area contributed by atoms with Gasteiger partial charge in [0.2, 0.25) is 11.7 Å². The molecule has 0 aliphatic carbocycles. The van der Waals surface area contributed by atoms with Gasteiger partial charge >= 0.3 is 0 Å². The van der Waals surface area contributed by atoms with E-state index in [0.29, 0.717) is 11.7 Å². The molecular weight excluding hydrogens is 314 g/mol. The third-order valence-electron chi connectivity index (χ3n) is 2.25. The summed E-state index contributed by atoms with van der Waals surface area (Å²) in [4.78, 5) is 5.40. The number of hydrogen-bond donors (Lipinski definition) is 1. The van der Waals surface area contributed by atoms with E-state index in [-0.39, 0.29) is 5.54 Å². The van der Waals surface area contributed by atoms with Gasteiger partial charge in [0.05, 0.1) is 4.88 Å². The van der Waals surface area contributed by atoms with E-state index < -0.39 is 0 Å². The van der Waals surface area contributed by atoms with E-state index in [4.69, 9.17) is 4.52 Å². The molecule has 0 fully saturated rings. The fourth-order valence-corrected chi connectivity index (χ4v) is 2.78. The van der Waals surface area contributed by atoms with Gasteiger partial charge in [-0.1, -0.05) is 5.16 Å². The number of nitrogens with zero attached hydrogens (tertiary/aromatic N) is 2. The van der Waals surface area contributed by atoms with Crippen molar-refractivity contribution in [1.82, 2.24) is 15.5 Å². The van der Waals surface area contributed by atoms with E-state index >= 15 is 0 Å². The SMILES string of the molecule is CC(C)(C)NCCc1nc(-c2cc(Br)cs2)no1. The number of aromatic nitrogens is 2. The van der Waals surface area contributed by atoms with E-state index in [0.717, 1.165) is 22.3 Å². The minimum atomic E-state index is 0.113. The minimum Gasteiger partial charge on any atom is -0.339 e. The Labute approximate surface area is 119 Å². The topological polar surface area (TPSA) is 51.0 Å². The Morgan fingerprint density at radius 3 is 2.83 bits per heavy atom. The van der Waals surface area contributed by atoms with Crippen LogP contribution < -0.4 is 5.32 Å². The molecule has 18 heavy (non-hydrogen) atoms. The van der Waals surface area contributed by atoms with Gasteiger partial charge in [-0.05, 0) is 42.8 Å². The Bertz CT molecular complexity index is 515. The monoisotopic (exact) mass is 329 g/mol. The molecule has 0 aliphatic rings. The summed E-state index contributed by atoms with van der Waals surface area (Å²) in [6.45, 7) is 7.24. The number of thiophene rings is 1. The van der Waals surface area contributed by atoms with Gasteiger partial charge in [-0.25, -0.2) is 0 Å². The van der Waals surface area contributed by atoms with Crippen LogP contribution in [0.5, 0.6) is 0 Å². The molecule has 2 aromatic heterocycles. The van der Waals surface area contributed by atoms with Crippen molar-refractivity contribution in [2.75, 3.05) is 6.54 Å². The maximum atomic E-state index is 5.23. The summed E-state index contributed by atoms with van der Waals surface area (Å²) in [6, 6.07) is 1.99. The normalized spacial score (nSPS) is 12.0. The zero-order valence-corrected chi connectivity index (χ0v) is 13.1. The van der Waals surface area contributed by atoms with Crippen molar-refractivity contribution in [1.29, 1.82) is 0 Å². The van der Waals surface area contributed by atoms with Crippen LogP contribution in [-0.2, 0) is 6.42 Å². The van der Waals surface area contributed by atoms with Crippen LogP contribution in [0.1, 0.15) is 26.7 Å². The Kier molecular flexibility index (Phi) is 4.19. The highest BCUT2D eigenvalue weighted by Crippen LogP contribution is 2.27. The first-order chi connectivity index (χ1) is 8.44. The summed E-state index contributed by atoms with van der Waals surface area (Å²) >= 11 is 5.01. The predicted octanol–water partition coefficient (Wildman–Crippen LogP) is 3.49. The van der Waals surface area contributed by atoms with Crippen LogP contribution in [-0.4, -0.2) is 22.2 Å². The first kappa shape index (κ1) is 13.7. The van der Waals surface area contributed by atoms with Crippen molar-refractivity contribution in [2.45, 2.75) is 32.7 Å². The van der Waals surface area contributed by atoms with E-state index in [1.165, 1.54) is 0 Å². The highest BCUT2D eigenvalue weighted by molar-refractivity contribution is 9.10. The summed E-state index contributed by atoms with van der Waals surface area (Å²) in [7, 11) is 0. The molecule has 0 amide bonds. The van der Waals surface area contributed by atoms with E-state index in [2.05, 4.69) is 52.2 Å². The predicted molar refractivity (Wildman–Crippen MR) is 76.8 cm³/mol. The molecule has 1 N–H and O–H groups in total. The molecule has 0 atom stereocenters. The third kappa shape index (κ3) is 3.90. The van der Waals surface area contributed by atoms with Gasteiger partial charge < -0.3 is 9.84 Å². The number of hydrogen-bond acceptors (Lipinski definition) is 5. The molecule has 0 saturated heterocycles. The van der Waals surface area contributed by atoms with Crippen molar-refractivity contribution in [3.05, 3.63) is 21.8 Å². The van der Waals surface area contributed by atoms with Crippen LogP contribution in [0.2, 0.25) is 0 Å².